The molecule has 0 N–H and O–H groups in total. The van der Waals surface area contributed by atoms with E-state index in [4.69, 9.17) is 5.26 Å². The Morgan fingerprint density at radius 2 is 1.93 bits per heavy atom. The molecule has 1 aromatic rings. The lowest BCUT2D eigenvalue weighted by atomic mass is 10.00. The number of aldehydes is 1. The van der Waals surface area contributed by atoms with Crippen LogP contribution in [0, 0.1) is 37.0 Å². The van der Waals surface area contributed by atoms with Crippen LogP contribution in [0.15, 0.2) is 12.1 Å². The predicted octanol–water partition coefficient (Wildman–Crippen LogP) is 2.12. The van der Waals surface area contributed by atoms with Crippen molar-refractivity contribution in [2.75, 3.05) is 0 Å². The summed E-state index contributed by atoms with van der Waals surface area (Å²) in [6.45, 7) is 3.83. The van der Waals surface area contributed by atoms with Crippen LogP contribution in [-0.2, 0) is 4.79 Å². The quantitative estimate of drug-likeness (QED) is 0.511. The zero-order chi connectivity index (χ0) is 11.3. The van der Waals surface area contributed by atoms with Gasteiger partial charge in [0.15, 0.2) is 0 Å². The summed E-state index contributed by atoms with van der Waals surface area (Å²) in [5, 5.41) is 8.76. The molecule has 0 aliphatic heterocycles. The molecule has 0 heterocycles. The van der Waals surface area contributed by atoms with E-state index in [-0.39, 0.29) is 6.42 Å². The van der Waals surface area contributed by atoms with Gasteiger partial charge in [-0.2, -0.15) is 5.26 Å². The van der Waals surface area contributed by atoms with Gasteiger partial charge in [-0.15, -0.1) is 0 Å². The predicted molar refractivity (Wildman–Crippen MR) is 58.2 cm³/mol. The van der Waals surface area contributed by atoms with E-state index >= 15 is 0 Å². The number of hydrogen-bond acceptors (Lipinski definition) is 2. The molecule has 2 nitrogen and oxygen atoms in total. The fraction of sp³-hybridized carbons (Fsp3) is 0.231. The normalized spacial score (nSPS) is 8.60. The van der Waals surface area contributed by atoms with Gasteiger partial charge < -0.3 is 4.79 Å². The molecule has 0 unspecified atom stereocenters. The van der Waals surface area contributed by atoms with Gasteiger partial charge in [-0.1, -0.05) is 11.8 Å². The number of benzene rings is 1. The Kier molecular flexibility index (Phi) is 3.66. The first-order valence-corrected chi connectivity index (χ1v) is 4.63. The van der Waals surface area contributed by atoms with Gasteiger partial charge in [-0.3, -0.25) is 0 Å². The third-order valence-electron chi connectivity index (χ3n) is 2.06. The first kappa shape index (κ1) is 11.0. The van der Waals surface area contributed by atoms with E-state index in [1.54, 1.807) is 12.1 Å². The van der Waals surface area contributed by atoms with E-state index in [1.807, 2.05) is 13.8 Å². The van der Waals surface area contributed by atoms with Crippen molar-refractivity contribution in [1.82, 2.24) is 0 Å². The van der Waals surface area contributed by atoms with Crippen molar-refractivity contribution in [3.8, 4) is 17.9 Å². The molecule has 0 aliphatic rings. The first-order chi connectivity index (χ1) is 7.19. The maximum absolute atomic E-state index is 10.1. The fourth-order valence-electron chi connectivity index (χ4n) is 1.41. The monoisotopic (exact) mass is 197 g/mol. The lowest BCUT2D eigenvalue weighted by Crippen LogP contribution is -1.90. The van der Waals surface area contributed by atoms with Gasteiger partial charge in [0, 0.05) is 5.56 Å². The minimum Gasteiger partial charge on any atom is -0.302 e. The second-order valence-corrected chi connectivity index (χ2v) is 3.27. The van der Waals surface area contributed by atoms with Crippen LogP contribution in [0.2, 0.25) is 0 Å². The standard InChI is InChI=1S/C13H11NO/c1-10-7-12(9-14)8-11(2)13(10)5-3-4-6-15/h6-8H,4H2,1-2H3. The highest BCUT2D eigenvalue weighted by atomic mass is 16.1. The van der Waals surface area contributed by atoms with Crippen LogP contribution in [0.3, 0.4) is 0 Å². The van der Waals surface area contributed by atoms with Gasteiger partial charge in [0.2, 0.25) is 0 Å². The molecule has 74 valence electrons. The summed E-state index contributed by atoms with van der Waals surface area (Å²) in [6.07, 6.45) is 1.03. The van der Waals surface area contributed by atoms with Crippen LogP contribution in [0.1, 0.15) is 28.7 Å². The number of nitriles is 1. The van der Waals surface area contributed by atoms with E-state index in [2.05, 4.69) is 17.9 Å². The molecule has 0 fully saturated rings. The number of aryl methyl sites for hydroxylation is 2. The molecular weight excluding hydrogens is 186 g/mol. The maximum atomic E-state index is 10.1. The molecular formula is C13H11NO. The Balaban J connectivity index is 3.17. The molecule has 0 aromatic heterocycles. The van der Waals surface area contributed by atoms with Crippen molar-refractivity contribution >= 4 is 6.29 Å². The van der Waals surface area contributed by atoms with E-state index in [0.717, 1.165) is 23.0 Å². The van der Waals surface area contributed by atoms with Crippen molar-refractivity contribution in [3.05, 3.63) is 34.4 Å². The van der Waals surface area contributed by atoms with E-state index in [0.29, 0.717) is 5.56 Å². The van der Waals surface area contributed by atoms with Gasteiger partial charge in [0.25, 0.3) is 0 Å². The second-order valence-electron chi connectivity index (χ2n) is 3.27. The largest absolute Gasteiger partial charge is 0.302 e. The average molecular weight is 197 g/mol. The van der Waals surface area contributed by atoms with Crippen LogP contribution < -0.4 is 0 Å². The lowest BCUT2D eigenvalue weighted by molar-refractivity contribution is -0.107. The van der Waals surface area contributed by atoms with Crippen LogP contribution >= 0.6 is 0 Å². The van der Waals surface area contributed by atoms with Crippen molar-refractivity contribution in [2.24, 2.45) is 0 Å². The molecule has 0 bridgehead atoms. The summed E-state index contributed by atoms with van der Waals surface area (Å²) in [5.74, 6) is 5.71. The van der Waals surface area contributed by atoms with Gasteiger partial charge in [-0.25, -0.2) is 0 Å². The van der Waals surface area contributed by atoms with Crippen LogP contribution in [0.4, 0.5) is 0 Å². The minimum atomic E-state index is 0.249. The van der Waals surface area contributed by atoms with Gasteiger partial charge in [0.1, 0.15) is 6.29 Å². The molecule has 0 radical (unpaired) electrons. The molecule has 0 saturated carbocycles. The highest BCUT2D eigenvalue weighted by Crippen LogP contribution is 2.14. The molecule has 2 heteroatoms. The van der Waals surface area contributed by atoms with Gasteiger partial charge >= 0.3 is 0 Å². The Labute approximate surface area is 89.5 Å². The third kappa shape index (κ3) is 2.69. The van der Waals surface area contributed by atoms with Crippen molar-refractivity contribution < 1.29 is 4.79 Å². The molecule has 0 saturated heterocycles. The number of rotatable bonds is 1. The van der Waals surface area contributed by atoms with Gasteiger partial charge in [-0.05, 0) is 37.1 Å². The molecule has 1 aromatic carbocycles. The highest BCUT2D eigenvalue weighted by Gasteiger charge is 2.01. The summed E-state index contributed by atoms with van der Waals surface area (Å²) in [5.41, 5.74) is 3.51. The van der Waals surface area contributed by atoms with E-state index < -0.39 is 0 Å². The SMILES string of the molecule is Cc1cc(C#N)cc(C)c1C#CCC=O. The Morgan fingerprint density at radius 1 is 1.33 bits per heavy atom. The number of nitrogens with zero attached hydrogens (tertiary/aromatic N) is 1. The summed E-state index contributed by atoms with van der Waals surface area (Å²) in [6, 6.07) is 5.71. The van der Waals surface area contributed by atoms with Crippen molar-refractivity contribution in [1.29, 1.82) is 5.26 Å². The lowest BCUT2D eigenvalue weighted by Gasteiger charge is -2.03. The molecule has 1 rings (SSSR count). The van der Waals surface area contributed by atoms with Crippen LogP contribution in [0.5, 0.6) is 0 Å². The van der Waals surface area contributed by atoms with Gasteiger partial charge in [0.05, 0.1) is 18.1 Å². The summed E-state index contributed by atoms with van der Waals surface area (Å²) < 4.78 is 0. The second kappa shape index (κ2) is 4.98. The summed E-state index contributed by atoms with van der Waals surface area (Å²) in [4.78, 5) is 10.1. The minimum absolute atomic E-state index is 0.249. The van der Waals surface area contributed by atoms with Crippen LogP contribution in [0.25, 0.3) is 0 Å². The summed E-state index contributed by atoms with van der Waals surface area (Å²) >= 11 is 0. The zero-order valence-corrected chi connectivity index (χ0v) is 8.79. The van der Waals surface area contributed by atoms with Crippen molar-refractivity contribution in [3.63, 3.8) is 0 Å². The Hall–Kier alpha value is -2.06. The van der Waals surface area contributed by atoms with E-state index in [1.165, 1.54) is 0 Å². The smallest absolute Gasteiger partial charge is 0.131 e. The topological polar surface area (TPSA) is 40.9 Å². The molecule has 0 aliphatic carbocycles. The third-order valence-corrected chi connectivity index (χ3v) is 2.06. The molecule has 15 heavy (non-hydrogen) atoms. The molecule has 0 amide bonds. The number of hydrogen-bond donors (Lipinski definition) is 0. The first-order valence-electron chi connectivity index (χ1n) is 4.63. The van der Waals surface area contributed by atoms with E-state index in [9.17, 15) is 4.79 Å². The Bertz CT molecular complexity index is 460. The number of carbonyl (C=O) groups is 1. The average Bonchev–Trinajstić information content (AvgIpc) is 2.22. The fourth-order valence-corrected chi connectivity index (χ4v) is 1.41. The number of carbonyl (C=O) groups excluding carboxylic acids is 1. The summed E-state index contributed by atoms with van der Waals surface area (Å²) in [7, 11) is 0. The highest BCUT2D eigenvalue weighted by molar-refractivity contribution is 5.57. The molecule has 0 spiro atoms. The van der Waals surface area contributed by atoms with Crippen molar-refractivity contribution in [2.45, 2.75) is 20.3 Å². The Morgan fingerprint density at radius 3 is 2.40 bits per heavy atom. The van der Waals surface area contributed by atoms with Crippen LogP contribution in [-0.4, -0.2) is 6.29 Å². The zero-order valence-electron chi connectivity index (χ0n) is 8.79. The molecule has 0 atom stereocenters. The maximum Gasteiger partial charge on any atom is 0.131 e.